The molecule has 90 valence electrons. The lowest BCUT2D eigenvalue weighted by Crippen LogP contribution is -2.42. The molecule has 1 aliphatic rings. The van der Waals surface area contributed by atoms with Crippen LogP contribution < -0.4 is 10.6 Å². The maximum absolute atomic E-state index is 8.83. The van der Waals surface area contributed by atoms with Crippen LogP contribution in [0, 0.1) is 11.3 Å². The van der Waals surface area contributed by atoms with E-state index < -0.39 is 0 Å². The Labute approximate surface area is 101 Å². The quantitative estimate of drug-likeness (QED) is 0.817. The lowest BCUT2D eigenvalue weighted by atomic mass is 10.1. The molecule has 0 aromatic carbocycles. The van der Waals surface area contributed by atoms with Crippen LogP contribution in [0.3, 0.4) is 0 Å². The van der Waals surface area contributed by atoms with Gasteiger partial charge in [-0.05, 0) is 18.6 Å². The Morgan fingerprint density at radius 3 is 3.06 bits per heavy atom. The minimum atomic E-state index is -0.362. The van der Waals surface area contributed by atoms with E-state index in [0.717, 1.165) is 17.9 Å². The first-order chi connectivity index (χ1) is 8.20. The van der Waals surface area contributed by atoms with Crippen LogP contribution >= 0.6 is 0 Å². The maximum Gasteiger partial charge on any atom is 0.161 e. The molecule has 1 aliphatic heterocycles. The highest BCUT2D eigenvalue weighted by atomic mass is 16.5. The lowest BCUT2D eigenvalue weighted by molar-refractivity contribution is 0.0761. The van der Waals surface area contributed by atoms with Crippen LogP contribution in [0.5, 0.6) is 0 Å². The number of ether oxygens (including phenoxy) is 1. The van der Waals surface area contributed by atoms with Crippen molar-refractivity contribution in [3.8, 4) is 6.07 Å². The molecule has 1 saturated heterocycles. The summed E-state index contributed by atoms with van der Waals surface area (Å²) in [5.41, 5.74) is 6.78. The van der Waals surface area contributed by atoms with Crippen molar-refractivity contribution in [3.05, 3.63) is 23.9 Å². The summed E-state index contributed by atoms with van der Waals surface area (Å²) in [5.74, 6) is 0.873. The number of morpholine rings is 1. The second-order valence-electron chi connectivity index (χ2n) is 4.17. The molecule has 2 heterocycles. The molecule has 5 heteroatoms. The maximum atomic E-state index is 8.83. The molecule has 0 bridgehead atoms. The molecular formula is C12H16N4O. The zero-order chi connectivity index (χ0) is 12.3. The van der Waals surface area contributed by atoms with E-state index in [1.165, 1.54) is 0 Å². The Morgan fingerprint density at radius 2 is 2.47 bits per heavy atom. The third-order valence-corrected chi connectivity index (χ3v) is 2.83. The number of nitriles is 1. The van der Waals surface area contributed by atoms with E-state index in [-0.39, 0.29) is 12.1 Å². The summed E-state index contributed by atoms with van der Waals surface area (Å²) in [7, 11) is 0. The van der Waals surface area contributed by atoms with Crippen molar-refractivity contribution >= 4 is 5.82 Å². The van der Waals surface area contributed by atoms with Crippen LogP contribution in [0.2, 0.25) is 0 Å². The standard InChI is InChI=1S/C12H16N4O/c1-9(14)10-2-3-12(15-7-10)16-4-5-17-11(6-13)8-16/h2-3,7,9,11H,4-5,8,14H2,1H3/t9-,11?/m1/s1. The zero-order valence-corrected chi connectivity index (χ0v) is 9.84. The van der Waals surface area contributed by atoms with Gasteiger partial charge in [0.25, 0.3) is 0 Å². The van der Waals surface area contributed by atoms with Crippen LogP contribution in [0.1, 0.15) is 18.5 Å². The molecule has 2 rings (SSSR count). The number of anilines is 1. The van der Waals surface area contributed by atoms with E-state index in [0.29, 0.717) is 13.2 Å². The van der Waals surface area contributed by atoms with Gasteiger partial charge in [-0.3, -0.25) is 0 Å². The molecule has 1 fully saturated rings. The van der Waals surface area contributed by atoms with E-state index in [1.54, 1.807) is 6.20 Å². The number of nitrogens with zero attached hydrogens (tertiary/aromatic N) is 3. The van der Waals surface area contributed by atoms with Crippen molar-refractivity contribution in [1.82, 2.24) is 4.98 Å². The fraction of sp³-hybridized carbons (Fsp3) is 0.500. The molecule has 17 heavy (non-hydrogen) atoms. The van der Waals surface area contributed by atoms with Crippen molar-refractivity contribution in [2.45, 2.75) is 19.1 Å². The molecule has 0 saturated carbocycles. The molecule has 0 aliphatic carbocycles. The van der Waals surface area contributed by atoms with Crippen molar-refractivity contribution in [1.29, 1.82) is 5.26 Å². The summed E-state index contributed by atoms with van der Waals surface area (Å²) in [4.78, 5) is 6.43. The number of nitrogens with two attached hydrogens (primary N) is 1. The largest absolute Gasteiger partial charge is 0.360 e. The molecule has 1 unspecified atom stereocenters. The molecule has 0 amide bonds. The van der Waals surface area contributed by atoms with E-state index in [2.05, 4.69) is 16.0 Å². The van der Waals surface area contributed by atoms with Crippen LogP contribution in [0.25, 0.3) is 0 Å². The first kappa shape index (κ1) is 11.8. The van der Waals surface area contributed by atoms with E-state index >= 15 is 0 Å². The van der Waals surface area contributed by atoms with Gasteiger partial charge in [0.05, 0.1) is 19.2 Å². The highest BCUT2D eigenvalue weighted by molar-refractivity contribution is 5.40. The highest BCUT2D eigenvalue weighted by Gasteiger charge is 2.20. The summed E-state index contributed by atoms with van der Waals surface area (Å²) < 4.78 is 5.29. The van der Waals surface area contributed by atoms with Gasteiger partial charge in [0, 0.05) is 18.8 Å². The smallest absolute Gasteiger partial charge is 0.161 e. The number of pyridine rings is 1. The fourth-order valence-electron chi connectivity index (χ4n) is 1.79. The van der Waals surface area contributed by atoms with Gasteiger partial charge in [0.2, 0.25) is 0 Å². The molecule has 0 radical (unpaired) electrons. The van der Waals surface area contributed by atoms with E-state index in [9.17, 15) is 0 Å². The minimum absolute atomic E-state index is 0.00639. The van der Waals surface area contributed by atoms with E-state index in [1.807, 2.05) is 19.1 Å². The molecule has 5 nitrogen and oxygen atoms in total. The Morgan fingerprint density at radius 1 is 1.65 bits per heavy atom. The van der Waals surface area contributed by atoms with Crippen LogP contribution in [0.4, 0.5) is 5.82 Å². The average molecular weight is 232 g/mol. The predicted octanol–water partition coefficient (Wildman–Crippen LogP) is 0.830. The van der Waals surface area contributed by atoms with Crippen LogP contribution in [-0.4, -0.2) is 30.8 Å². The third-order valence-electron chi connectivity index (χ3n) is 2.83. The summed E-state index contributed by atoms with van der Waals surface area (Å²) in [6.45, 7) is 3.83. The normalized spacial score (nSPS) is 21.9. The molecular weight excluding hydrogens is 216 g/mol. The highest BCUT2D eigenvalue weighted by Crippen LogP contribution is 2.17. The second kappa shape index (κ2) is 5.13. The summed E-state index contributed by atoms with van der Waals surface area (Å²) in [6.07, 6.45) is 1.43. The lowest BCUT2D eigenvalue weighted by Gasteiger charge is -2.30. The first-order valence-electron chi connectivity index (χ1n) is 5.68. The van der Waals surface area contributed by atoms with Crippen molar-refractivity contribution in [2.24, 2.45) is 5.73 Å². The number of hydrogen-bond acceptors (Lipinski definition) is 5. The number of hydrogen-bond donors (Lipinski definition) is 1. The molecule has 0 spiro atoms. The average Bonchev–Trinajstić information content (AvgIpc) is 2.39. The van der Waals surface area contributed by atoms with Crippen LogP contribution in [0.15, 0.2) is 18.3 Å². The van der Waals surface area contributed by atoms with Gasteiger partial charge >= 0.3 is 0 Å². The molecule has 1 aromatic rings. The predicted molar refractivity (Wildman–Crippen MR) is 64.4 cm³/mol. The van der Waals surface area contributed by atoms with Crippen molar-refractivity contribution < 1.29 is 4.74 Å². The zero-order valence-electron chi connectivity index (χ0n) is 9.84. The molecule has 1 aromatic heterocycles. The van der Waals surface area contributed by atoms with E-state index in [4.69, 9.17) is 15.7 Å². The Kier molecular flexibility index (Phi) is 3.57. The van der Waals surface area contributed by atoms with Gasteiger partial charge in [-0.2, -0.15) is 5.26 Å². The summed E-state index contributed by atoms with van der Waals surface area (Å²) in [6, 6.07) is 6.03. The third kappa shape index (κ3) is 2.73. The number of rotatable bonds is 2. The number of aromatic nitrogens is 1. The Hall–Kier alpha value is -1.64. The Bertz CT molecular complexity index is 410. The van der Waals surface area contributed by atoms with Gasteiger partial charge in [-0.25, -0.2) is 4.98 Å². The first-order valence-corrected chi connectivity index (χ1v) is 5.68. The summed E-state index contributed by atoms with van der Waals surface area (Å²) >= 11 is 0. The van der Waals surface area contributed by atoms with Crippen LogP contribution in [-0.2, 0) is 4.74 Å². The molecule has 2 N–H and O–H groups in total. The minimum Gasteiger partial charge on any atom is -0.360 e. The van der Waals surface area contributed by atoms with Gasteiger partial charge in [0.1, 0.15) is 5.82 Å². The van der Waals surface area contributed by atoms with Crippen molar-refractivity contribution in [2.75, 3.05) is 24.6 Å². The summed E-state index contributed by atoms with van der Waals surface area (Å²) in [5, 5.41) is 8.83. The topological polar surface area (TPSA) is 75.2 Å². The van der Waals surface area contributed by atoms with Gasteiger partial charge in [-0.1, -0.05) is 6.07 Å². The van der Waals surface area contributed by atoms with Gasteiger partial charge in [-0.15, -0.1) is 0 Å². The monoisotopic (exact) mass is 232 g/mol. The van der Waals surface area contributed by atoms with Gasteiger partial charge < -0.3 is 15.4 Å². The SMILES string of the molecule is C[C@@H](N)c1ccc(N2CCOC(C#N)C2)nc1. The van der Waals surface area contributed by atoms with Crippen molar-refractivity contribution in [3.63, 3.8) is 0 Å². The fourth-order valence-corrected chi connectivity index (χ4v) is 1.79. The Balaban J connectivity index is 2.09. The molecule has 2 atom stereocenters. The van der Waals surface area contributed by atoms with Gasteiger partial charge in [0.15, 0.2) is 6.10 Å². The second-order valence-corrected chi connectivity index (χ2v) is 4.17.